The molecule has 0 radical (unpaired) electrons. The van der Waals surface area contributed by atoms with Crippen LogP contribution in [0.2, 0.25) is 0 Å². The molecule has 4 aromatic carbocycles. The molecule has 0 aliphatic rings. The van der Waals surface area contributed by atoms with E-state index in [4.69, 9.17) is 9.47 Å². The van der Waals surface area contributed by atoms with E-state index in [1.54, 1.807) is 18.2 Å². The topological polar surface area (TPSA) is 35.5 Å². The lowest BCUT2D eigenvalue weighted by molar-refractivity contribution is 0.0732. The minimum absolute atomic E-state index is 0.379. The van der Waals surface area contributed by atoms with Gasteiger partial charge in [0.2, 0.25) is 0 Å². The number of carbonyl (C=O) groups excluding carboxylic acids is 1. The third-order valence-corrected chi connectivity index (χ3v) is 5.87. The van der Waals surface area contributed by atoms with E-state index in [1.807, 2.05) is 54.6 Å². The van der Waals surface area contributed by atoms with E-state index in [0.717, 1.165) is 26.1 Å². The molecule has 0 atom stereocenters. The molecule has 0 fully saturated rings. The molecule has 0 heterocycles. The summed E-state index contributed by atoms with van der Waals surface area (Å²) in [5.74, 6) is 0.549. The van der Waals surface area contributed by atoms with Gasteiger partial charge < -0.3 is 9.47 Å². The predicted octanol–water partition coefficient (Wildman–Crippen LogP) is 7.21. The van der Waals surface area contributed by atoms with Crippen LogP contribution in [0, 0.1) is 0 Å². The number of hydrogen-bond acceptors (Lipinski definition) is 3. The van der Waals surface area contributed by atoms with Gasteiger partial charge in [0.25, 0.3) is 0 Å². The van der Waals surface area contributed by atoms with Gasteiger partial charge in [-0.1, -0.05) is 86.5 Å². The van der Waals surface area contributed by atoms with Crippen molar-refractivity contribution in [3.05, 3.63) is 105 Å². The third kappa shape index (κ3) is 4.74. The summed E-state index contributed by atoms with van der Waals surface area (Å²) in [7, 11) is 0. The van der Waals surface area contributed by atoms with Gasteiger partial charge >= 0.3 is 5.97 Å². The highest BCUT2D eigenvalue weighted by molar-refractivity contribution is 9.11. The molecule has 3 nitrogen and oxygen atoms in total. The molecule has 0 bridgehead atoms. The molecule has 0 aliphatic heterocycles. The van der Waals surface area contributed by atoms with E-state index in [0.29, 0.717) is 23.7 Å². The second-order valence-corrected chi connectivity index (χ2v) is 8.48. The molecule has 0 saturated heterocycles. The van der Waals surface area contributed by atoms with E-state index in [9.17, 15) is 4.79 Å². The van der Waals surface area contributed by atoms with Crippen molar-refractivity contribution in [1.29, 1.82) is 0 Å². The van der Waals surface area contributed by atoms with E-state index in [-0.39, 0.29) is 0 Å². The molecule has 0 N–H and O–H groups in total. The second kappa shape index (κ2) is 9.45. The maximum absolute atomic E-state index is 13.0. The van der Waals surface area contributed by atoms with Gasteiger partial charge in [-0.2, -0.15) is 0 Å². The Morgan fingerprint density at radius 3 is 2.27 bits per heavy atom. The molecule has 0 spiro atoms. The Balaban J connectivity index is 1.55. The second-order valence-electron chi connectivity index (χ2n) is 6.71. The minimum Gasteiger partial charge on any atom is -0.492 e. The lowest BCUT2D eigenvalue weighted by Crippen LogP contribution is -2.12. The minimum atomic E-state index is -0.460. The highest BCUT2D eigenvalue weighted by Gasteiger charge is 2.17. The van der Waals surface area contributed by atoms with Crippen molar-refractivity contribution in [3.63, 3.8) is 0 Å². The van der Waals surface area contributed by atoms with Crippen LogP contribution in [0.5, 0.6) is 11.5 Å². The molecule has 5 heteroatoms. The number of hydrogen-bond donors (Lipinski definition) is 0. The molecule has 4 aromatic rings. The normalized spacial score (nSPS) is 10.7. The predicted molar refractivity (Wildman–Crippen MR) is 126 cm³/mol. The largest absolute Gasteiger partial charge is 0.492 e. The van der Waals surface area contributed by atoms with Crippen LogP contribution in [-0.2, 0) is 6.42 Å². The average Bonchev–Trinajstić information content (AvgIpc) is 2.77. The van der Waals surface area contributed by atoms with Gasteiger partial charge in [0.05, 0.1) is 6.61 Å². The Morgan fingerprint density at radius 2 is 1.47 bits per heavy atom. The van der Waals surface area contributed by atoms with Crippen molar-refractivity contribution in [3.8, 4) is 11.5 Å². The highest BCUT2D eigenvalue weighted by atomic mass is 79.9. The summed E-state index contributed by atoms with van der Waals surface area (Å²) in [6.07, 6.45) is 0.753. The molecule has 0 aromatic heterocycles. The zero-order valence-corrected chi connectivity index (χ0v) is 19.1. The van der Waals surface area contributed by atoms with Crippen LogP contribution in [0.3, 0.4) is 0 Å². The number of esters is 1. The SMILES string of the molecule is O=C(Oc1ccc(Br)c2ccccc12)c1cc(Br)ccc1OCCc1ccccc1. The summed E-state index contributed by atoms with van der Waals surface area (Å²) in [4.78, 5) is 13.0. The van der Waals surface area contributed by atoms with Gasteiger partial charge in [-0.3, -0.25) is 0 Å². The van der Waals surface area contributed by atoms with Gasteiger partial charge in [0.15, 0.2) is 0 Å². The fourth-order valence-corrected chi connectivity index (χ4v) is 4.03. The maximum Gasteiger partial charge on any atom is 0.347 e. The van der Waals surface area contributed by atoms with Crippen molar-refractivity contribution < 1.29 is 14.3 Å². The summed E-state index contributed by atoms with van der Waals surface area (Å²) < 4.78 is 13.4. The molecule has 0 unspecified atom stereocenters. The molecule has 30 heavy (non-hydrogen) atoms. The molecule has 0 amide bonds. The molecular formula is C25H18Br2O3. The summed E-state index contributed by atoms with van der Waals surface area (Å²) in [5.41, 5.74) is 1.56. The Hall–Kier alpha value is -2.63. The Bertz CT molecular complexity index is 1190. The van der Waals surface area contributed by atoms with Crippen LogP contribution in [0.1, 0.15) is 15.9 Å². The number of benzene rings is 4. The number of fused-ring (bicyclic) bond motifs is 1. The molecule has 0 aliphatic carbocycles. The zero-order chi connectivity index (χ0) is 20.9. The summed E-state index contributed by atoms with van der Waals surface area (Å²) >= 11 is 6.98. The standard InChI is InChI=1S/C25H18Br2O3/c26-18-10-12-23(29-15-14-17-6-2-1-3-7-17)21(16-18)25(28)30-24-13-11-22(27)19-8-4-5-9-20(19)24/h1-13,16H,14-15H2. The number of halogens is 2. The van der Waals surface area contributed by atoms with Crippen molar-refractivity contribution >= 4 is 48.6 Å². The smallest absolute Gasteiger partial charge is 0.347 e. The Morgan fingerprint density at radius 1 is 0.767 bits per heavy atom. The molecule has 150 valence electrons. The monoisotopic (exact) mass is 524 g/mol. The van der Waals surface area contributed by atoms with Crippen LogP contribution < -0.4 is 9.47 Å². The first kappa shape index (κ1) is 20.6. The maximum atomic E-state index is 13.0. The van der Waals surface area contributed by atoms with E-state index < -0.39 is 5.97 Å². The Kier molecular flexibility index (Phi) is 6.50. The van der Waals surface area contributed by atoms with Crippen molar-refractivity contribution in [2.75, 3.05) is 6.61 Å². The van der Waals surface area contributed by atoms with Gasteiger partial charge in [-0.15, -0.1) is 0 Å². The summed E-state index contributed by atoms with van der Waals surface area (Å²) in [6.45, 7) is 0.465. The van der Waals surface area contributed by atoms with Crippen LogP contribution in [0.4, 0.5) is 0 Å². The van der Waals surface area contributed by atoms with Crippen LogP contribution in [0.25, 0.3) is 10.8 Å². The van der Waals surface area contributed by atoms with Gasteiger partial charge in [0.1, 0.15) is 17.1 Å². The van der Waals surface area contributed by atoms with Crippen LogP contribution in [-0.4, -0.2) is 12.6 Å². The van der Waals surface area contributed by atoms with E-state index >= 15 is 0 Å². The Labute approximate surface area is 191 Å². The highest BCUT2D eigenvalue weighted by Crippen LogP contribution is 2.33. The third-order valence-electron chi connectivity index (χ3n) is 4.69. The molecule has 4 rings (SSSR count). The van der Waals surface area contributed by atoms with Crippen molar-refractivity contribution in [2.24, 2.45) is 0 Å². The summed E-state index contributed by atoms with van der Waals surface area (Å²) in [6, 6.07) is 26.9. The fourth-order valence-electron chi connectivity index (χ4n) is 3.19. The van der Waals surface area contributed by atoms with Crippen molar-refractivity contribution in [1.82, 2.24) is 0 Å². The van der Waals surface area contributed by atoms with Crippen LogP contribution >= 0.6 is 31.9 Å². The van der Waals surface area contributed by atoms with Gasteiger partial charge in [-0.05, 0) is 41.3 Å². The zero-order valence-electron chi connectivity index (χ0n) is 16.0. The van der Waals surface area contributed by atoms with Crippen LogP contribution in [0.15, 0.2) is 93.9 Å². The first-order chi connectivity index (χ1) is 14.6. The fraction of sp³-hybridized carbons (Fsp3) is 0.0800. The lowest BCUT2D eigenvalue weighted by atomic mass is 10.1. The van der Waals surface area contributed by atoms with Gasteiger partial charge in [-0.25, -0.2) is 4.79 Å². The van der Waals surface area contributed by atoms with E-state index in [1.165, 1.54) is 5.56 Å². The first-order valence-electron chi connectivity index (χ1n) is 9.47. The first-order valence-corrected chi connectivity index (χ1v) is 11.1. The summed E-state index contributed by atoms with van der Waals surface area (Å²) in [5, 5.41) is 1.85. The number of carbonyl (C=O) groups is 1. The quantitative estimate of drug-likeness (QED) is 0.197. The van der Waals surface area contributed by atoms with E-state index in [2.05, 4.69) is 44.0 Å². The number of ether oxygens (including phenoxy) is 2. The average molecular weight is 526 g/mol. The molecule has 0 saturated carbocycles. The van der Waals surface area contributed by atoms with Crippen molar-refractivity contribution in [2.45, 2.75) is 6.42 Å². The number of rotatable bonds is 6. The van der Waals surface area contributed by atoms with Gasteiger partial charge in [0, 0.05) is 20.8 Å². The molecular weight excluding hydrogens is 508 g/mol. The lowest BCUT2D eigenvalue weighted by Gasteiger charge is -2.13.